The molecule has 0 saturated carbocycles. The van der Waals surface area contributed by atoms with Gasteiger partial charge in [-0.3, -0.25) is 0 Å². The van der Waals surface area contributed by atoms with Crippen LogP contribution >= 0.6 is 15.9 Å². The van der Waals surface area contributed by atoms with Gasteiger partial charge >= 0.3 is 0 Å². The molecule has 80 valence electrons. The van der Waals surface area contributed by atoms with Crippen LogP contribution in [0.5, 0.6) is 0 Å². The van der Waals surface area contributed by atoms with Crippen LogP contribution in [0.15, 0.2) is 28.1 Å². The van der Waals surface area contributed by atoms with Crippen molar-refractivity contribution < 1.29 is 0 Å². The quantitative estimate of drug-likeness (QED) is 0.733. The smallest absolute Gasteiger partial charge is 0.146 e. The van der Waals surface area contributed by atoms with Crippen LogP contribution in [0.3, 0.4) is 0 Å². The van der Waals surface area contributed by atoms with Crippen molar-refractivity contribution in [3.05, 3.63) is 28.1 Å². The molecule has 0 radical (unpaired) electrons. The highest BCUT2D eigenvalue weighted by atomic mass is 79.9. The summed E-state index contributed by atoms with van der Waals surface area (Å²) in [5, 5.41) is 0. The second-order valence-corrected chi connectivity index (χ2v) is 4.78. The molecular formula is C11H14BrN3. The van der Waals surface area contributed by atoms with E-state index in [1.54, 1.807) is 12.5 Å². The average Bonchev–Trinajstić information content (AvgIpc) is 2.23. The minimum atomic E-state index is 0.970. The SMILES string of the molecule is CC1=C(C)CN(c2ncncc2Br)CC1. The van der Waals surface area contributed by atoms with E-state index in [0.717, 1.165) is 29.8 Å². The molecule has 1 aromatic rings. The van der Waals surface area contributed by atoms with Crippen molar-refractivity contribution in [2.45, 2.75) is 20.3 Å². The minimum absolute atomic E-state index is 0.970. The molecule has 1 aliphatic heterocycles. The highest BCUT2D eigenvalue weighted by Crippen LogP contribution is 2.26. The van der Waals surface area contributed by atoms with Gasteiger partial charge in [-0.2, -0.15) is 0 Å². The number of hydrogen-bond acceptors (Lipinski definition) is 3. The molecule has 0 spiro atoms. The van der Waals surface area contributed by atoms with E-state index in [4.69, 9.17) is 0 Å². The van der Waals surface area contributed by atoms with Gasteiger partial charge in [-0.05, 0) is 36.2 Å². The van der Waals surface area contributed by atoms with Gasteiger partial charge in [-0.25, -0.2) is 9.97 Å². The van der Waals surface area contributed by atoms with Crippen molar-refractivity contribution in [3.8, 4) is 0 Å². The first-order valence-electron chi connectivity index (χ1n) is 5.04. The van der Waals surface area contributed by atoms with E-state index in [0.29, 0.717) is 0 Å². The topological polar surface area (TPSA) is 29.0 Å². The second-order valence-electron chi connectivity index (χ2n) is 3.93. The van der Waals surface area contributed by atoms with Crippen LogP contribution in [0.2, 0.25) is 0 Å². The van der Waals surface area contributed by atoms with Gasteiger partial charge in [0.25, 0.3) is 0 Å². The molecule has 0 atom stereocenters. The number of anilines is 1. The number of aromatic nitrogens is 2. The van der Waals surface area contributed by atoms with Crippen LogP contribution in [0, 0.1) is 0 Å². The Bertz CT molecular complexity index is 401. The van der Waals surface area contributed by atoms with Crippen LogP contribution in [0.25, 0.3) is 0 Å². The Morgan fingerprint density at radius 3 is 2.80 bits per heavy atom. The summed E-state index contributed by atoms with van der Waals surface area (Å²) >= 11 is 3.48. The highest BCUT2D eigenvalue weighted by Gasteiger charge is 2.17. The summed E-state index contributed by atoms with van der Waals surface area (Å²) < 4.78 is 0.970. The van der Waals surface area contributed by atoms with Gasteiger partial charge in [0.15, 0.2) is 0 Å². The van der Waals surface area contributed by atoms with Crippen LogP contribution < -0.4 is 4.90 Å². The summed E-state index contributed by atoms with van der Waals surface area (Å²) in [6, 6.07) is 0. The van der Waals surface area contributed by atoms with Crippen molar-refractivity contribution in [3.63, 3.8) is 0 Å². The van der Waals surface area contributed by atoms with Gasteiger partial charge in [0, 0.05) is 19.3 Å². The lowest BCUT2D eigenvalue weighted by Crippen LogP contribution is -2.31. The molecule has 2 heterocycles. The third-order valence-corrected chi connectivity index (χ3v) is 3.42. The van der Waals surface area contributed by atoms with Gasteiger partial charge in [0.1, 0.15) is 12.1 Å². The molecule has 4 heteroatoms. The zero-order chi connectivity index (χ0) is 10.8. The Morgan fingerprint density at radius 2 is 2.13 bits per heavy atom. The van der Waals surface area contributed by atoms with Crippen LogP contribution in [-0.2, 0) is 0 Å². The first kappa shape index (κ1) is 10.6. The molecule has 0 aromatic carbocycles. The zero-order valence-corrected chi connectivity index (χ0v) is 10.6. The molecule has 1 aromatic heterocycles. The number of nitrogens with zero attached hydrogens (tertiary/aromatic N) is 3. The Morgan fingerprint density at radius 1 is 1.33 bits per heavy atom. The summed E-state index contributed by atoms with van der Waals surface area (Å²) in [5.41, 5.74) is 2.96. The molecule has 0 bridgehead atoms. The normalized spacial score (nSPS) is 17.1. The molecular weight excluding hydrogens is 254 g/mol. The molecule has 0 aliphatic carbocycles. The fraction of sp³-hybridized carbons (Fsp3) is 0.455. The maximum Gasteiger partial charge on any atom is 0.146 e. The van der Waals surface area contributed by atoms with Gasteiger partial charge in [-0.1, -0.05) is 11.1 Å². The van der Waals surface area contributed by atoms with E-state index >= 15 is 0 Å². The molecule has 0 N–H and O–H groups in total. The molecule has 0 fully saturated rings. The van der Waals surface area contributed by atoms with Gasteiger partial charge in [-0.15, -0.1) is 0 Å². The average molecular weight is 268 g/mol. The number of rotatable bonds is 1. The first-order chi connectivity index (χ1) is 7.18. The molecule has 0 amide bonds. The maximum atomic E-state index is 4.31. The Balaban J connectivity index is 2.24. The largest absolute Gasteiger partial charge is 0.351 e. The van der Waals surface area contributed by atoms with Crippen molar-refractivity contribution in [2.75, 3.05) is 18.0 Å². The van der Waals surface area contributed by atoms with E-state index in [1.165, 1.54) is 11.1 Å². The van der Waals surface area contributed by atoms with Crippen LogP contribution in [-0.4, -0.2) is 23.1 Å². The monoisotopic (exact) mass is 267 g/mol. The zero-order valence-electron chi connectivity index (χ0n) is 9.00. The van der Waals surface area contributed by atoms with Crippen molar-refractivity contribution >= 4 is 21.7 Å². The minimum Gasteiger partial charge on any atom is -0.351 e. The van der Waals surface area contributed by atoms with E-state index in [-0.39, 0.29) is 0 Å². The summed E-state index contributed by atoms with van der Waals surface area (Å²) in [7, 11) is 0. The molecule has 3 nitrogen and oxygen atoms in total. The van der Waals surface area contributed by atoms with Gasteiger partial charge in [0.2, 0.25) is 0 Å². The van der Waals surface area contributed by atoms with Crippen LogP contribution in [0.4, 0.5) is 5.82 Å². The summed E-state index contributed by atoms with van der Waals surface area (Å²) in [6.45, 7) is 6.42. The summed E-state index contributed by atoms with van der Waals surface area (Å²) in [6.07, 6.45) is 4.52. The first-order valence-corrected chi connectivity index (χ1v) is 5.83. The molecule has 2 rings (SSSR count). The van der Waals surface area contributed by atoms with Gasteiger partial charge < -0.3 is 4.90 Å². The number of halogens is 1. The Labute approximate surface area is 98.4 Å². The lowest BCUT2D eigenvalue weighted by Gasteiger charge is -2.30. The van der Waals surface area contributed by atoms with E-state index in [2.05, 4.69) is 44.6 Å². The molecule has 0 unspecified atom stereocenters. The Hall–Kier alpha value is -0.900. The third kappa shape index (κ3) is 2.20. The lowest BCUT2D eigenvalue weighted by atomic mass is 10.0. The summed E-state index contributed by atoms with van der Waals surface area (Å²) in [4.78, 5) is 10.6. The van der Waals surface area contributed by atoms with Crippen molar-refractivity contribution in [1.29, 1.82) is 0 Å². The second kappa shape index (κ2) is 4.31. The predicted octanol–water partition coefficient (Wildman–Crippen LogP) is 2.79. The fourth-order valence-electron chi connectivity index (χ4n) is 1.74. The highest BCUT2D eigenvalue weighted by molar-refractivity contribution is 9.10. The maximum absolute atomic E-state index is 4.31. The number of hydrogen-bond donors (Lipinski definition) is 0. The van der Waals surface area contributed by atoms with Gasteiger partial charge in [0.05, 0.1) is 4.47 Å². The van der Waals surface area contributed by atoms with Crippen molar-refractivity contribution in [2.24, 2.45) is 0 Å². The molecule has 15 heavy (non-hydrogen) atoms. The molecule has 0 saturated heterocycles. The van der Waals surface area contributed by atoms with Crippen molar-refractivity contribution in [1.82, 2.24) is 9.97 Å². The fourth-order valence-corrected chi connectivity index (χ4v) is 2.21. The third-order valence-electron chi connectivity index (χ3n) is 2.86. The summed E-state index contributed by atoms with van der Waals surface area (Å²) in [5.74, 6) is 0.997. The van der Waals surface area contributed by atoms with Crippen LogP contribution in [0.1, 0.15) is 20.3 Å². The standard InChI is InChI=1S/C11H14BrN3/c1-8-3-4-15(6-9(8)2)11-10(12)5-13-7-14-11/h5,7H,3-4,6H2,1-2H3. The Kier molecular flexibility index (Phi) is 3.05. The van der Waals surface area contributed by atoms with E-state index < -0.39 is 0 Å². The predicted molar refractivity (Wildman–Crippen MR) is 64.9 cm³/mol. The molecule has 1 aliphatic rings. The van der Waals surface area contributed by atoms with E-state index in [1.807, 2.05) is 0 Å². The van der Waals surface area contributed by atoms with E-state index in [9.17, 15) is 0 Å². The lowest BCUT2D eigenvalue weighted by molar-refractivity contribution is 0.742.